The Balaban J connectivity index is 1.52. The van der Waals surface area contributed by atoms with Gasteiger partial charge >= 0.3 is 5.97 Å². The first-order chi connectivity index (χ1) is 13.8. The van der Waals surface area contributed by atoms with Crippen LogP contribution in [0.3, 0.4) is 0 Å². The summed E-state index contributed by atoms with van der Waals surface area (Å²) in [7, 11) is 0. The molecule has 0 aliphatic carbocycles. The number of rotatable bonds is 6. The van der Waals surface area contributed by atoms with Crippen molar-refractivity contribution < 1.29 is 14.3 Å². The van der Waals surface area contributed by atoms with Crippen LogP contribution in [0.1, 0.15) is 16.7 Å². The zero-order valence-corrected chi connectivity index (χ0v) is 17.0. The van der Waals surface area contributed by atoms with Crippen LogP contribution < -0.4 is 5.32 Å². The van der Waals surface area contributed by atoms with Gasteiger partial charge in [-0.2, -0.15) is 4.80 Å². The van der Waals surface area contributed by atoms with Crippen LogP contribution in [-0.2, 0) is 20.9 Å². The second-order valence-corrected chi connectivity index (χ2v) is 7.06. The van der Waals surface area contributed by atoms with Crippen LogP contribution in [0.2, 0.25) is 5.02 Å². The zero-order chi connectivity index (χ0) is 21.0. The minimum atomic E-state index is -0.653. The molecule has 0 fully saturated rings. The summed E-state index contributed by atoms with van der Waals surface area (Å²) >= 11 is 6.16. The van der Waals surface area contributed by atoms with E-state index in [0.717, 1.165) is 27.1 Å². The molecular formula is C20H20ClN5O3. The molecule has 1 aromatic heterocycles. The number of hydrogen-bond acceptors (Lipinski definition) is 6. The molecule has 0 saturated heterocycles. The zero-order valence-electron chi connectivity index (χ0n) is 16.3. The maximum atomic E-state index is 12.1. The fourth-order valence-electron chi connectivity index (χ4n) is 2.69. The highest BCUT2D eigenvalue weighted by atomic mass is 35.5. The molecule has 0 spiro atoms. The van der Waals surface area contributed by atoms with Crippen LogP contribution in [0.15, 0.2) is 36.4 Å². The van der Waals surface area contributed by atoms with E-state index in [2.05, 4.69) is 20.7 Å². The molecule has 1 N–H and O–H groups in total. The van der Waals surface area contributed by atoms with E-state index >= 15 is 0 Å². The molecule has 3 rings (SSSR count). The highest BCUT2D eigenvalue weighted by Crippen LogP contribution is 2.27. The first kappa shape index (κ1) is 20.5. The van der Waals surface area contributed by atoms with E-state index in [0.29, 0.717) is 16.5 Å². The molecule has 1 heterocycles. The molecule has 0 radical (unpaired) electrons. The number of benzene rings is 2. The van der Waals surface area contributed by atoms with Crippen LogP contribution in [0.4, 0.5) is 5.69 Å². The Morgan fingerprint density at radius 1 is 1.10 bits per heavy atom. The van der Waals surface area contributed by atoms with Crippen LogP contribution in [0, 0.1) is 20.8 Å². The van der Waals surface area contributed by atoms with Gasteiger partial charge in [-0.25, -0.2) is 4.79 Å². The Bertz CT molecular complexity index is 1020. The predicted octanol–water partition coefficient (Wildman–Crippen LogP) is 3.10. The van der Waals surface area contributed by atoms with Crippen molar-refractivity contribution in [3.05, 3.63) is 58.1 Å². The third kappa shape index (κ3) is 5.39. The molecule has 1 amide bonds. The summed E-state index contributed by atoms with van der Waals surface area (Å²) in [6.07, 6.45) is 0. The Hall–Kier alpha value is -3.26. The van der Waals surface area contributed by atoms with Crippen LogP contribution in [-0.4, -0.2) is 38.7 Å². The summed E-state index contributed by atoms with van der Waals surface area (Å²) in [5, 5.41) is 15.0. The number of halogens is 1. The van der Waals surface area contributed by atoms with Gasteiger partial charge in [-0.15, -0.1) is 10.2 Å². The molecule has 8 nitrogen and oxygen atoms in total. The smallest absolute Gasteiger partial charge is 0.330 e. The Morgan fingerprint density at radius 3 is 2.52 bits per heavy atom. The first-order valence-electron chi connectivity index (χ1n) is 8.89. The Labute approximate surface area is 172 Å². The van der Waals surface area contributed by atoms with Crippen molar-refractivity contribution in [1.29, 1.82) is 0 Å². The fourth-order valence-corrected chi connectivity index (χ4v) is 3.05. The van der Waals surface area contributed by atoms with Gasteiger partial charge in [0, 0.05) is 5.56 Å². The minimum Gasteiger partial charge on any atom is -0.454 e. The molecule has 0 bridgehead atoms. The van der Waals surface area contributed by atoms with Gasteiger partial charge in [0.15, 0.2) is 13.2 Å². The van der Waals surface area contributed by atoms with Crippen molar-refractivity contribution in [2.45, 2.75) is 27.3 Å². The maximum Gasteiger partial charge on any atom is 0.330 e. The molecule has 0 aliphatic rings. The number of ether oxygens (including phenoxy) is 1. The van der Waals surface area contributed by atoms with Gasteiger partial charge in [0.05, 0.1) is 10.7 Å². The summed E-state index contributed by atoms with van der Waals surface area (Å²) in [5.41, 5.74) is 4.22. The van der Waals surface area contributed by atoms with E-state index in [1.165, 1.54) is 0 Å². The molecule has 2 aromatic carbocycles. The monoisotopic (exact) mass is 413 g/mol. The molecule has 0 saturated carbocycles. The molecular weight excluding hydrogens is 394 g/mol. The lowest BCUT2D eigenvalue weighted by Crippen LogP contribution is -2.24. The van der Waals surface area contributed by atoms with E-state index < -0.39 is 18.5 Å². The fraction of sp³-hybridized carbons (Fsp3) is 0.250. The molecule has 0 atom stereocenters. The topological polar surface area (TPSA) is 99.0 Å². The second kappa shape index (κ2) is 8.83. The van der Waals surface area contributed by atoms with Gasteiger partial charge in [-0.05, 0) is 43.2 Å². The highest BCUT2D eigenvalue weighted by Gasteiger charge is 2.14. The summed E-state index contributed by atoms with van der Waals surface area (Å²) in [6, 6.07) is 11.3. The molecule has 3 aromatic rings. The number of carbonyl (C=O) groups excluding carboxylic acids is 2. The number of aryl methyl sites for hydroxylation is 3. The van der Waals surface area contributed by atoms with Crippen molar-refractivity contribution in [3.8, 4) is 11.4 Å². The molecule has 0 aliphatic heterocycles. The van der Waals surface area contributed by atoms with E-state index in [-0.39, 0.29) is 6.54 Å². The lowest BCUT2D eigenvalue weighted by molar-refractivity contribution is -0.148. The number of nitrogens with one attached hydrogen (secondary N) is 1. The third-order valence-electron chi connectivity index (χ3n) is 4.09. The minimum absolute atomic E-state index is 0.254. The van der Waals surface area contributed by atoms with Crippen molar-refractivity contribution in [2.24, 2.45) is 0 Å². The first-order valence-corrected chi connectivity index (χ1v) is 9.26. The molecule has 150 valence electrons. The molecule has 0 unspecified atom stereocenters. The van der Waals surface area contributed by atoms with Crippen molar-refractivity contribution >= 4 is 29.2 Å². The normalized spacial score (nSPS) is 10.6. The number of esters is 1. The number of carbonyl (C=O) groups is 2. The van der Waals surface area contributed by atoms with E-state index in [4.69, 9.17) is 16.3 Å². The molecule has 9 heteroatoms. The summed E-state index contributed by atoms with van der Waals surface area (Å²) < 4.78 is 4.99. The Kier molecular flexibility index (Phi) is 6.23. The summed E-state index contributed by atoms with van der Waals surface area (Å²) in [5.74, 6) is -0.737. The number of aromatic nitrogens is 4. The summed E-state index contributed by atoms with van der Waals surface area (Å²) in [6.45, 7) is 5.03. The number of anilines is 1. The van der Waals surface area contributed by atoms with Crippen LogP contribution >= 0.6 is 11.6 Å². The number of hydrogen-bond donors (Lipinski definition) is 1. The van der Waals surface area contributed by atoms with E-state index in [1.807, 2.05) is 51.1 Å². The van der Waals surface area contributed by atoms with Gasteiger partial charge in [-0.3, -0.25) is 4.79 Å². The molecule has 29 heavy (non-hydrogen) atoms. The van der Waals surface area contributed by atoms with Gasteiger partial charge in [0.2, 0.25) is 5.82 Å². The lowest BCUT2D eigenvalue weighted by Gasteiger charge is -2.11. The van der Waals surface area contributed by atoms with Gasteiger partial charge in [0.25, 0.3) is 5.91 Å². The van der Waals surface area contributed by atoms with Gasteiger partial charge in [0.1, 0.15) is 0 Å². The van der Waals surface area contributed by atoms with Gasteiger partial charge in [-0.1, -0.05) is 47.5 Å². The standard InChI is InChI=1S/C20H20ClN5O3/c1-12-4-6-15(7-5-12)20-23-25-26(24-20)10-18(28)29-11-17(27)22-19-14(3)8-13(2)9-16(19)21/h4-9H,10-11H2,1-3H3,(H,22,27). The average molecular weight is 414 g/mol. The average Bonchev–Trinajstić information content (AvgIpc) is 3.12. The predicted molar refractivity (Wildman–Crippen MR) is 109 cm³/mol. The largest absolute Gasteiger partial charge is 0.454 e. The lowest BCUT2D eigenvalue weighted by atomic mass is 10.1. The highest BCUT2D eigenvalue weighted by molar-refractivity contribution is 6.34. The third-order valence-corrected chi connectivity index (χ3v) is 4.39. The van der Waals surface area contributed by atoms with Crippen molar-refractivity contribution in [2.75, 3.05) is 11.9 Å². The van der Waals surface area contributed by atoms with E-state index in [1.54, 1.807) is 6.07 Å². The van der Waals surface area contributed by atoms with Crippen molar-refractivity contribution in [1.82, 2.24) is 20.2 Å². The number of nitrogens with zero attached hydrogens (tertiary/aromatic N) is 4. The Morgan fingerprint density at radius 2 is 1.83 bits per heavy atom. The number of amides is 1. The quantitative estimate of drug-likeness (QED) is 0.623. The summed E-state index contributed by atoms with van der Waals surface area (Å²) in [4.78, 5) is 25.2. The number of tetrazole rings is 1. The van der Waals surface area contributed by atoms with Gasteiger partial charge < -0.3 is 10.1 Å². The van der Waals surface area contributed by atoms with Crippen molar-refractivity contribution in [3.63, 3.8) is 0 Å². The van der Waals surface area contributed by atoms with E-state index in [9.17, 15) is 9.59 Å². The second-order valence-electron chi connectivity index (χ2n) is 6.66. The SMILES string of the molecule is Cc1ccc(-c2nnn(CC(=O)OCC(=O)Nc3c(C)cc(C)cc3Cl)n2)cc1. The van der Waals surface area contributed by atoms with Crippen LogP contribution in [0.5, 0.6) is 0 Å². The van der Waals surface area contributed by atoms with Crippen LogP contribution in [0.25, 0.3) is 11.4 Å². The maximum absolute atomic E-state index is 12.1.